The van der Waals surface area contributed by atoms with E-state index in [-0.39, 0.29) is 11.9 Å². The monoisotopic (exact) mass is 309 g/mol. The highest BCUT2D eigenvalue weighted by molar-refractivity contribution is 5.95. The number of carbonyl (C=O) groups is 1. The van der Waals surface area contributed by atoms with Crippen molar-refractivity contribution in [1.82, 2.24) is 5.32 Å². The van der Waals surface area contributed by atoms with E-state index in [0.717, 1.165) is 19.3 Å². The Bertz CT molecular complexity index is 741. The molecule has 1 aliphatic heterocycles. The lowest BCUT2D eigenvalue weighted by Crippen LogP contribution is -2.38. The first kappa shape index (κ1) is 14.1. The first-order chi connectivity index (χ1) is 11.3. The van der Waals surface area contributed by atoms with Gasteiger partial charge in [-0.05, 0) is 48.6 Å². The van der Waals surface area contributed by atoms with E-state index < -0.39 is 0 Å². The lowest BCUT2D eigenvalue weighted by molar-refractivity contribution is 0.0932. The van der Waals surface area contributed by atoms with Crippen LogP contribution >= 0.6 is 0 Å². The van der Waals surface area contributed by atoms with Crippen LogP contribution in [-0.2, 0) is 12.8 Å². The molecule has 2 aliphatic rings. The second kappa shape index (κ2) is 5.95. The Hall–Kier alpha value is -2.49. The molecule has 1 amide bonds. The Morgan fingerprint density at radius 1 is 1.00 bits per heavy atom. The van der Waals surface area contributed by atoms with Crippen LogP contribution in [0.5, 0.6) is 11.5 Å². The first-order valence-electron chi connectivity index (χ1n) is 8.07. The molecule has 2 aromatic rings. The molecule has 1 heterocycles. The van der Waals surface area contributed by atoms with Crippen molar-refractivity contribution in [2.75, 3.05) is 13.2 Å². The molecular weight excluding hydrogens is 290 g/mol. The molecular formula is C19H19NO3. The van der Waals surface area contributed by atoms with Gasteiger partial charge < -0.3 is 14.8 Å². The van der Waals surface area contributed by atoms with E-state index in [1.807, 2.05) is 0 Å². The quantitative estimate of drug-likeness (QED) is 0.928. The van der Waals surface area contributed by atoms with Gasteiger partial charge in [-0.3, -0.25) is 4.79 Å². The molecule has 1 unspecified atom stereocenters. The molecule has 1 aliphatic carbocycles. The van der Waals surface area contributed by atoms with Crippen LogP contribution in [0.25, 0.3) is 0 Å². The molecule has 2 aromatic carbocycles. The van der Waals surface area contributed by atoms with E-state index in [9.17, 15) is 4.79 Å². The van der Waals surface area contributed by atoms with Gasteiger partial charge >= 0.3 is 0 Å². The van der Waals surface area contributed by atoms with Crippen molar-refractivity contribution in [3.63, 3.8) is 0 Å². The molecule has 0 saturated carbocycles. The van der Waals surface area contributed by atoms with Gasteiger partial charge in [-0.2, -0.15) is 0 Å². The molecule has 4 nitrogen and oxygen atoms in total. The molecule has 4 heteroatoms. The molecule has 0 fully saturated rings. The van der Waals surface area contributed by atoms with Crippen molar-refractivity contribution in [3.8, 4) is 11.5 Å². The summed E-state index contributed by atoms with van der Waals surface area (Å²) in [5, 5.41) is 3.15. The molecule has 0 bridgehead atoms. The molecule has 0 spiro atoms. The zero-order chi connectivity index (χ0) is 15.6. The van der Waals surface area contributed by atoms with Crippen molar-refractivity contribution in [2.24, 2.45) is 0 Å². The van der Waals surface area contributed by atoms with Crippen LogP contribution in [0.3, 0.4) is 0 Å². The molecule has 118 valence electrons. The van der Waals surface area contributed by atoms with Crippen LogP contribution < -0.4 is 14.8 Å². The van der Waals surface area contributed by atoms with E-state index in [2.05, 4.69) is 29.6 Å². The van der Waals surface area contributed by atoms with Crippen LogP contribution in [0.1, 0.15) is 27.9 Å². The molecule has 23 heavy (non-hydrogen) atoms. The fraction of sp³-hybridized carbons (Fsp3) is 0.316. The van der Waals surface area contributed by atoms with E-state index >= 15 is 0 Å². The number of ether oxygens (including phenoxy) is 2. The Balaban J connectivity index is 1.46. The summed E-state index contributed by atoms with van der Waals surface area (Å²) in [6.45, 7) is 1.08. The second-order valence-corrected chi connectivity index (χ2v) is 6.04. The Morgan fingerprint density at radius 3 is 2.65 bits per heavy atom. The third-order valence-electron chi connectivity index (χ3n) is 4.49. The zero-order valence-electron chi connectivity index (χ0n) is 12.9. The SMILES string of the molecule is O=C(NC1CCc2ccccc2C1)c1ccc2c(c1)OCCO2. The third-order valence-corrected chi connectivity index (χ3v) is 4.49. The fourth-order valence-corrected chi connectivity index (χ4v) is 3.27. The highest BCUT2D eigenvalue weighted by atomic mass is 16.6. The topological polar surface area (TPSA) is 47.6 Å². The molecule has 1 atom stereocenters. The average Bonchev–Trinajstić information content (AvgIpc) is 2.61. The van der Waals surface area contributed by atoms with Gasteiger partial charge in [0.05, 0.1) is 0 Å². The number of fused-ring (bicyclic) bond motifs is 2. The summed E-state index contributed by atoms with van der Waals surface area (Å²) < 4.78 is 11.0. The van der Waals surface area contributed by atoms with E-state index in [4.69, 9.17) is 9.47 Å². The van der Waals surface area contributed by atoms with Crippen molar-refractivity contribution >= 4 is 5.91 Å². The molecule has 0 saturated heterocycles. The molecule has 0 radical (unpaired) electrons. The van der Waals surface area contributed by atoms with Crippen LogP contribution in [0.2, 0.25) is 0 Å². The summed E-state index contributed by atoms with van der Waals surface area (Å²) in [6, 6.07) is 14.0. The van der Waals surface area contributed by atoms with Gasteiger partial charge in [-0.1, -0.05) is 24.3 Å². The van der Waals surface area contributed by atoms with Crippen LogP contribution in [0.4, 0.5) is 0 Å². The predicted octanol–water partition coefficient (Wildman–Crippen LogP) is 2.75. The minimum Gasteiger partial charge on any atom is -0.486 e. The molecule has 0 aromatic heterocycles. The Morgan fingerprint density at radius 2 is 1.78 bits per heavy atom. The highest BCUT2D eigenvalue weighted by Crippen LogP contribution is 2.31. The number of carbonyl (C=O) groups excluding carboxylic acids is 1. The van der Waals surface area contributed by atoms with Gasteiger partial charge in [-0.15, -0.1) is 0 Å². The second-order valence-electron chi connectivity index (χ2n) is 6.04. The maximum absolute atomic E-state index is 12.5. The lowest BCUT2D eigenvalue weighted by atomic mass is 9.88. The minimum atomic E-state index is -0.0497. The number of aryl methyl sites for hydroxylation is 1. The van der Waals surface area contributed by atoms with E-state index in [1.165, 1.54) is 11.1 Å². The summed E-state index contributed by atoms with van der Waals surface area (Å²) in [7, 11) is 0. The average molecular weight is 309 g/mol. The number of nitrogens with one attached hydrogen (secondary N) is 1. The lowest BCUT2D eigenvalue weighted by Gasteiger charge is -2.25. The standard InChI is InChI=1S/C19H19NO3/c21-19(15-6-8-17-18(12-15)23-10-9-22-17)20-16-7-5-13-3-1-2-4-14(13)11-16/h1-4,6,8,12,16H,5,7,9-11H2,(H,20,21). The van der Waals surface area contributed by atoms with Crippen molar-refractivity contribution in [3.05, 3.63) is 59.2 Å². The maximum Gasteiger partial charge on any atom is 0.251 e. The summed E-state index contributed by atoms with van der Waals surface area (Å²) >= 11 is 0. The predicted molar refractivity (Wildman–Crippen MR) is 87.2 cm³/mol. The summed E-state index contributed by atoms with van der Waals surface area (Å²) in [5.41, 5.74) is 3.36. The van der Waals surface area contributed by atoms with Gasteiger partial charge in [0.15, 0.2) is 11.5 Å². The fourth-order valence-electron chi connectivity index (χ4n) is 3.27. The van der Waals surface area contributed by atoms with Crippen molar-refractivity contribution in [1.29, 1.82) is 0 Å². The van der Waals surface area contributed by atoms with Gasteiger partial charge in [0, 0.05) is 11.6 Å². The van der Waals surface area contributed by atoms with Gasteiger partial charge in [0.2, 0.25) is 0 Å². The molecule has 1 N–H and O–H groups in total. The van der Waals surface area contributed by atoms with E-state index in [0.29, 0.717) is 30.3 Å². The summed E-state index contributed by atoms with van der Waals surface area (Å²) in [5.74, 6) is 1.31. The molecule has 4 rings (SSSR count). The highest BCUT2D eigenvalue weighted by Gasteiger charge is 2.21. The maximum atomic E-state index is 12.5. The number of rotatable bonds is 2. The smallest absolute Gasteiger partial charge is 0.251 e. The number of amides is 1. The van der Waals surface area contributed by atoms with Gasteiger partial charge in [0.1, 0.15) is 13.2 Å². The Labute approximate surface area is 135 Å². The number of hydrogen-bond donors (Lipinski definition) is 1. The minimum absolute atomic E-state index is 0.0497. The van der Waals surface area contributed by atoms with Crippen molar-refractivity contribution < 1.29 is 14.3 Å². The van der Waals surface area contributed by atoms with Crippen molar-refractivity contribution in [2.45, 2.75) is 25.3 Å². The zero-order valence-corrected chi connectivity index (χ0v) is 12.9. The number of hydrogen-bond acceptors (Lipinski definition) is 3. The van der Waals surface area contributed by atoms with Crippen LogP contribution in [0, 0.1) is 0 Å². The Kier molecular flexibility index (Phi) is 3.66. The third kappa shape index (κ3) is 2.89. The van der Waals surface area contributed by atoms with Gasteiger partial charge in [0.25, 0.3) is 5.91 Å². The summed E-state index contributed by atoms with van der Waals surface area (Å²) in [4.78, 5) is 12.5. The van der Waals surface area contributed by atoms with E-state index in [1.54, 1.807) is 18.2 Å². The summed E-state index contributed by atoms with van der Waals surface area (Å²) in [6.07, 6.45) is 2.89. The van der Waals surface area contributed by atoms with Crippen LogP contribution in [0.15, 0.2) is 42.5 Å². The first-order valence-corrected chi connectivity index (χ1v) is 8.07. The van der Waals surface area contributed by atoms with Gasteiger partial charge in [-0.25, -0.2) is 0 Å². The number of benzene rings is 2. The van der Waals surface area contributed by atoms with Crippen LogP contribution in [-0.4, -0.2) is 25.2 Å². The normalized spacial score (nSPS) is 18.9. The largest absolute Gasteiger partial charge is 0.486 e.